The quantitative estimate of drug-likeness (QED) is 0.914. The van der Waals surface area contributed by atoms with Crippen molar-refractivity contribution in [1.29, 1.82) is 0 Å². The van der Waals surface area contributed by atoms with E-state index in [0.717, 1.165) is 16.4 Å². The van der Waals surface area contributed by atoms with Crippen LogP contribution in [0, 0.1) is 13.8 Å². The van der Waals surface area contributed by atoms with E-state index in [-0.39, 0.29) is 11.9 Å². The Bertz CT molecular complexity index is 608. The van der Waals surface area contributed by atoms with E-state index in [0.29, 0.717) is 24.6 Å². The molecule has 0 unspecified atom stereocenters. The summed E-state index contributed by atoms with van der Waals surface area (Å²) in [6.45, 7) is 5.43. The lowest BCUT2D eigenvalue weighted by Gasteiger charge is -2.34. The minimum Gasteiger partial charge on any atom is -0.377 e. The summed E-state index contributed by atoms with van der Waals surface area (Å²) in [6, 6.07) is 1.77. The SMILES string of the molecule is Cc1nc(C)c(C(=O)N2CCOC[C@@H]2c2ccn[nH]2)s1. The number of H-pyrrole nitrogens is 1. The van der Waals surface area contributed by atoms with Crippen LogP contribution in [0.4, 0.5) is 0 Å². The summed E-state index contributed by atoms with van der Waals surface area (Å²) in [5, 5.41) is 7.80. The molecule has 1 fully saturated rings. The number of rotatable bonds is 2. The van der Waals surface area contributed by atoms with Crippen molar-refractivity contribution in [3.63, 3.8) is 0 Å². The van der Waals surface area contributed by atoms with Crippen molar-refractivity contribution < 1.29 is 9.53 Å². The number of aromatic nitrogens is 3. The first kappa shape index (κ1) is 13.3. The van der Waals surface area contributed by atoms with Crippen molar-refractivity contribution in [1.82, 2.24) is 20.1 Å². The Kier molecular flexibility index (Phi) is 3.54. The zero-order valence-corrected chi connectivity index (χ0v) is 12.2. The van der Waals surface area contributed by atoms with Gasteiger partial charge in [-0.25, -0.2) is 4.98 Å². The van der Waals surface area contributed by atoms with E-state index in [2.05, 4.69) is 15.2 Å². The molecule has 6 nitrogen and oxygen atoms in total. The fourth-order valence-electron chi connectivity index (χ4n) is 2.42. The number of morpholine rings is 1. The highest BCUT2D eigenvalue weighted by Crippen LogP contribution is 2.27. The van der Waals surface area contributed by atoms with Crippen LogP contribution in [0.5, 0.6) is 0 Å². The first-order valence-electron chi connectivity index (χ1n) is 6.49. The highest BCUT2D eigenvalue weighted by molar-refractivity contribution is 7.13. The molecular weight excluding hydrogens is 276 g/mol. The Labute approximate surface area is 120 Å². The lowest BCUT2D eigenvalue weighted by molar-refractivity contribution is -0.00370. The minimum atomic E-state index is -0.111. The van der Waals surface area contributed by atoms with Crippen molar-refractivity contribution in [2.75, 3.05) is 19.8 Å². The van der Waals surface area contributed by atoms with Gasteiger partial charge in [0, 0.05) is 12.7 Å². The van der Waals surface area contributed by atoms with Gasteiger partial charge in [-0.3, -0.25) is 9.89 Å². The molecule has 0 aromatic carbocycles. The smallest absolute Gasteiger partial charge is 0.266 e. The Balaban J connectivity index is 1.90. The molecule has 1 atom stereocenters. The molecule has 1 aliphatic rings. The summed E-state index contributed by atoms with van der Waals surface area (Å²) < 4.78 is 5.50. The summed E-state index contributed by atoms with van der Waals surface area (Å²) in [5.41, 5.74) is 1.70. The summed E-state index contributed by atoms with van der Waals surface area (Å²) in [4.78, 5) is 19.6. The Morgan fingerprint density at radius 3 is 3.05 bits per heavy atom. The molecule has 1 aliphatic heterocycles. The van der Waals surface area contributed by atoms with Crippen molar-refractivity contribution in [3.8, 4) is 0 Å². The Morgan fingerprint density at radius 2 is 2.40 bits per heavy atom. The average Bonchev–Trinajstić information content (AvgIpc) is 3.07. The number of amides is 1. The van der Waals surface area contributed by atoms with E-state index in [1.165, 1.54) is 11.3 Å². The average molecular weight is 292 g/mol. The minimum absolute atomic E-state index is 0.0241. The van der Waals surface area contributed by atoms with Gasteiger partial charge >= 0.3 is 0 Å². The topological polar surface area (TPSA) is 71.1 Å². The number of thiazole rings is 1. The molecule has 20 heavy (non-hydrogen) atoms. The van der Waals surface area contributed by atoms with Crippen LogP contribution in [0.25, 0.3) is 0 Å². The summed E-state index contributed by atoms with van der Waals surface area (Å²) in [7, 11) is 0. The van der Waals surface area contributed by atoms with Gasteiger partial charge in [0.1, 0.15) is 4.88 Å². The van der Waals surface area contributed by atoms with Crippen LogP contribution in [-0.4, -0.2) is 45.7 Å². The summed E-state index contributed by atoms with van der Waals surface area (Å²) in [5.74, 6) is 0.0241. The number of carbonyl (C=O) groups excluding carboxylic acids is 1. The molecule has 1 amide bonds. The second-order valence-corrected chi connectivity index (χ2v) is 5.95. The maximum absolute atomic E-state index is 12.7. The molecule has 0 saturated carbocycles. The number of nitrogens with zero attached hydrogens (tertiary/aromatic N) is 3. The third-order valence-corrected chi connectivity index (χ3v) is 4.43. The molecule has 3 heterocycles. The molecule has 0 radical (unpaired) electrons. The van der Waals surface area contributed by atoms with Gasteiger partial charge in [0.05, 0.1) is 35.7 Å². The molecule has 106 valence electrons. The fraction of sp³-hybridized carbons (Fsp3) is 0.462. The van der Waals surface area contributed by atoms with Crippen LogP contribution in [0.15, 0.2) is 12.3 Å². The van der Waals surface area contributed by atoms with Crippen molar-refractivity contribution in [3.05, 3.63) is 33.5 Å². The van der Waals surface area contributed by atoms with Crippen LogP contribution in [-0.2, 0) is 4.74 Å². The van der Waals surface area contributed by atoms with Crippen LogP contribution in [0.2, 0.25) is 0 Å². The summed E-state index contributed by atoms with van der Waals surface area (Å²) >= 11 is 1.45. The fourth-order valence-corrected chi connectivity index (χ4v) is 3.29. The second kappa shape index (κ2) is 5.34. The third kappa shape index (κ3) is 2.34. The van der Waals surface area contributed by atoms with E-state index in [1.54, 1.807) is 6.20 Å². The predicted molar refractivity (Wildman–Crippen MR) is 74.8 cm³/mol. The molecule has 2 aromatic heterocycles. The number of ether oxygens (including phenoxy) is 1. The highest BCUT2D eigenvalue weighted by atomic mass is 32.1. The second-order valence-electron chi connectivity index (χ2n) is 4.75. The first-order chi connectivity index (χ1) is 9.66. The van der Waals surface area contributed by atoms with Crippen molar-refractivity contribution in [2.45, 2.75) is 19.9 Å². The van der Waals surface area contributed by atoms with Crippen LogP contribution >= 0.6 is 11.3 Å². The predicted octanol–water partition coefficient (Wildman–Crippen LogP) is 1.70. The van der Waals surface area contributed by atoms with Gasteiger partial charge in [-0.05, 0) is 19.9 Å². The largest absolute Gasteiger partial charge is 0.377 e. The van der Waals surface area contributed by atoms with Gasteiger partial charge in [-0.1, -0.05) is 0 Å². The molecule has 7 heteroatoms. The van der Waals surface area contributed by atoms with E-state index in [4.69, 9.17) is 4.74 Å². The van der Waals surface area contributed by atoms with E-state index in [9.17, 15) is 4.79 Å². The third-order valence-electron chi connectivity index (χ3n) is 3.37. The zero-order valence-electron chi connectivity index (χ0n) is 11.4. The highest BCUT2D eigenvalue weighted by Gasteiger charge is 2.31. The van der Waals surface area contributed by atoms with Gasteiger partial charge in [0.15, 0.2) is 0 Å². The lowest BCUT2D eigenvalue weighted by atomic mass is 10.1. The standard InChI is InChI=1S/C13H16N4O2S/c1-8-12(20-9(2)15-8)13(18)17-5-6-19-7-11(17)10-3-4-14-16-10/h3-4,11H,5-7H2,1-2H3,(H,14,16)/t11-/m1/s1. The van der Waals surface area contributed by atoms with E-state index in [1.807, 2.05) is 24.8 Å². The maximum atomic E-state index is 12.7. The molecule has 0 aliphatic carbocycles. The number of carbonyl (C=O) groups is 1. The Morgan fingerprint density at radius 1 is 1.55 bits per heavy atom. The van der Waals surface area contributed by atoms with Gasteiger partial charge in [-0.2, -0.15) is 5.10 Å². The first-order valence-corrected chi connectivity index (χ1v) is 7.30. The van der Waals surface area contributed by atoms with E-state index >= 15 is 0 Å². The van der Waals surface area contributed by atoms with Gasteiger partial charge in [-0.15, -0.1) is 11.3 Å². The van der Waals surface area contributed by atoms with Crippen molar-refractivity contribution >= 4 is 17.2 Å². The molecule has 0 spiro atoms. The van der Waals surface area contributed by atoms with Crippen molar-refractivity contribution in [2.24, 2.45) is 0 Å². The number of nitrogens with one attached hydrogen (secondary N) is 1. The molecule has 0 bridgehead atoms. The molecular formula is C13H16N4O2S. The van der Waals surface area contributed by atoms with Gasteiger partial charge < -0.3 is 9.64 Å². The summed E-state index contributed by atoms with van der Waals surface area (Å²) in [6.07, 6.45) is 1.69. The normalized spacial score (nSPS) is 19.3. The number of aryl methyl sites for hydroxylation is 2. The van der Waals surface area contributed by atoms with E-state index < -0.39 is 0 Å². The maximum Gasteiger partial charge on any atom is 0.266 e. The lowest BCUT2D eigenvalue weighted by Crippen LogP contribution is -2.43. The van der Waals surface area contributed by atoms with Gasteiger partial charge in [0.2, 0.25) is 0 Å². The van der Waals surface area contributed by atoms with Crippen LogP contribution < -0.4 is 0 Å². The molecule has 1 N–H and O–H groups in total. The Hall–Kier alpha value is -1.73. The molecule has 3 rings (SSSR count). The van der Waals surface area contributed by atoms with Crippen LogP contribution in [0.3, 0.4) is 0 Å². The van der Waals surface area contributed by atoms with Gasteiger partial charge in [0.25, 0.3) is 5.91 Å². The number of aromatic amines is 1. The number of hydrogen-bond donors (Lipinski definition) is 1. The monoisotopic (exact) mass is 292 g/mol. The van der Waals surface area contributed by atoms with Crippen LogP contribution in [0.1, 0.15) is 32.1 Å². The molecule has 1 saturated heterocycles. The number of hydrogen-bond acceptors (Lipinski definition) is 5. The zero-order chi connectivity index (χ0) is 14.1. The molecule has 2 aromatic rings.